The third-order valence-corrected chi connectivity index (χ3v) is 6.51. The Labute approximate surface area is 219 Å². The average Bonchev–Trinajstić information content (AvgIpc) is 2.86. The molecular formula is C26H24Cl3N3O3. The summed E-state index contributed by atoms with van der Waals surface area (Å²) in [6.07, 6.45) is -0.782. The molecule has 0 saturated carbocycles. The van der Waals surface area contributed by atoms with Crippen molar-refractivity contribution in [1.82, 2.24) is 4.90 Å². The number of carbonyl (C=O) groups is 2. The van der Waals surface area contributed by atoms with Crippen LogP contribution in [0.4, 0.5) is 11.4 Å². The molecule has 182 valence electrons. The van der Waals surface area contributed by atoms with Crippen molar-refractivity contribution in [3.8, 4) is 5.75 Å². The van der Waals surface area contributed by atoms with Crippen LogP contribution >= 0.6 is 34.8 Å². The van der Waals surface area contributed by atoms with E-state index in [9.17, 15) is 9.59 Å². The maximum atomic E-state index is 12.9. The summed E-state index contributed by atoms with van der Waals surface area (Å²) in [5, 5.41) is 4.38. The van der Waals surface area contributed by atoms with Gasteiger partial charge in [0.2, 0.25) is 0 Å². The van der Waals surface area contributed by atoms with Crippen LogP contribution in [0, 0.1) is 0 Å². The molecule has 0 spiro atoms. The molecule has 0 aliphatic carbocycles. The molecule has 1 aliphatic heterocycles. The van der Waals surface area contributed by atoms with E-state index in [1.54, 1.807) is 49.4 Å². The Kier molecular flexibility index (Phi) is 8.06. The first-order valence-corrected chi connectivity index (χ1v) is 12.3. The number of piperazine rings is 1. The summed E-state index contributed by atoms with van der Waals surface area (Å²) in [6, 6.07) is 19.3. The summed E-state index contributed by atoms with van der Waals surface area (Å²) >= 11 is 18.0. The van der Waals surface area contributed by atoms with Gasteiger partial charge in [-0.15, -0.1) is 0 Å². The van der Waals surface area contributed by atoms with E-state index in [1.807, 2.05) is 29.2 Å². The first kappa shape index (κ1) is 25.2. The number of nitrogens with one attached hydrogen (secondary N) is 1. The topological polar surface area (TPSA) is 61.9 Å². The van der Waals surface area contributed by atoms with E-state index in [1.165, 1.54) is 0 Å². The number of hydrogen-bond donors (Lipinski definition) is 1. The highest BCUT2D eigenvalue weighted by Gasteiger charge is 2.25. The Balaban J connectivity index is 1.39. The SMILES string of the molecule is CC(Oc1ccc(Cl)cc1Cl)C(=O)Nc1ccccc1N1CCN(C(=O)c2ccc(Cl)cc2)CC1. The van der Waals surface area contributed by atoms with Gasteiger partial charge in [0.1, 0.15) is 5.75 Å². The highest BCUT2D eigenvalue weighted by Crippen LogP contribution is 2.30. The standard InChI is InChI=1S/C26H24Cl3N3O3/c1-17(35-24-11-10-20(28)16-21(24)29)25(33)30-22-4-2-3-5-23(22)31-12-14-32(15-13-31)26(34)18-6-8-19(27)9-7-18/h2-11,16-17H,12-15H2,1H3,(H,30,33). The third-order valence-electron chi connectivity index (χ3n) is 5.73. The van der Waals surface area contributed by atoms with Crippen LogP contribution in [0.15, 0.2) is 66.7 Å². The first-order valence-electron chi connectivity index (χ1n) is 11.1. The normalized spacial score (nSPS) is 14.4. The fourth-order valence-corrected chi connectivity index (χ4v) is 4.41. The summed E-state index contributed by atoms with van der Waals surface area (Å²) in [6.45, 7) is 4.07. The molecule has 1 atom stereocenters. The monoisotopic (exact) mass is 531 g/mol. The van der Waals surface area contributed by atoms with Crippen molar-refractivity contribution in [3.05, 3.63) is 87.4 Å². The molecule has 1 unspecified atom stereocenters. The van der Waals surface area contributed by atoms with E-state index in [0.717, 1.165) is 5.69 Å². The van der Waals surface area contributed by atoms with Crippen molar-refractivity contribution in [3.63, 3.8) is 0 Å². The van der Waals surface area contributed by atoms with E-state index in [4.69, 9.17) is 39.5 Å². The number of benzene rings is 3. The minimum Gasteiger partial charge on any atom is -0.479 e. The van der Waals surface area contributed by atoms with Gasteiger partial charge in [0.05, 0.1) is 16.4 Å². The van der Waals surface area contributed by atoms with Crippen LogP contribution < -0.4 is 15.0 Å². The van der Waals surface area contributed by atoms with Crippen molar-refractivity contribution >= 4 is 58.0 Å². The summed E-state index contributed by atoms with van der Waals surface area (Å²) in [5.74, 6) is 0.0586. The fraction of sp³-hybridized carbons (Fsp3) is 0.231. The van der Waals surface area contributed by atoms with E-state index >= 15 is 0 Å². The zero-order valence-electron chi connectivity index (χ0n) is 19.0. The van der Waals surface area contributed by atoms with Crippen LogP contribution in [0.1, 0.15) is 17.3 Å². The molecule has 3 aromatic carbocycles. The van der Waals surface area contributed by atoms with Crippen molar-refractivity contribution in [2.45, 2.75) is 13.0 Å². The van der Waals surface area contributed by atoms with Gasteiger partial charge < -0.3 is 19.9 Å². The lowest BCUT2D eigenvalue weighted by Gasteiger charge is -2.37. The molecule has 35 heavy (non-hydrogen) atoms. The van der Waals surface area contributed by atoms with Gasteiger partial charge in [-0.2, -0.15) is 0 Å². The molecule has 6 nitrogen and oxygen atoms in total. The molecule has 0 aromatic heterocycles. The second kappa shape index (κ2) is 11.2. The van der Waals surface area contributed by atoms with Crippen molar-refractivity contribution in [2.75, 3.05) is 36.4 Å². The zero-order valence-corrected chi connectivity index (χ0v) is 21.3. The van der Waals surface area contributed by atoms with Gasteiger partial charge in [0.25, 0.3) is 11.8 Å². The predicted molar refractivity (Wildman–Crippen MR) is 141 cm³/mol. The van der Waals surface area contributed by atoms with E-state index in [-0.39, 0.29) is 11.8 Å². The first-order chi connectivity index (χ1) is 16.8. The lowest BCUT2D eigenvalue weighted by atomic mass is 10.1. The Morgan fingerprint density at radius 2 is 1.54 bits per heavy atom. The lowest BCUT2D eigenvalue weighted by molar-refractivity contribution is -0.122. The van der Waals surface area contributed by atoms with Gasteiger partial charge in [0.15, 0.2) is 6.10 Å². The third kappa shape index (κ3) is 6.20. The van der Waals surface area contributed by atoms with Crippen LogP contribution in [-0.2, 0) is 4.79 Å². The molecule has 3 aromatic rings. The zero-order chi connectivity index (χ0) is 24.9. The summed E-state index contributed by atoms with van der Waals surface area (Å²) in [5.41, 5.74) is 2.18. The molecular weight excluding hydrogens is 509 g/mol. The maximum absolute atomic E-state index is 12.9. The highest BCUT2D eigenvalue weighted by molar-refractivity contribution is 6.35. The molecule has 1 aliphatic rings. The van der Waals surface area contributed by atoms with Crippen molar-refractivity contribution in [1.29, 1.82) is 0 Å². The number of rotatable bonds is 6. The smallest absolute Gasteiger partial charge is 0.265 e. The van der Waals surface area contributed by atoms with Gasteiger partial charge in [-0.3, -0.25) is 9.59 Å². The average molecular weight is 533 g/mol. The van der Waals surface area contributed by atoms with Gasteiger partial charge in [-0.1, -0.05) is 46.9 Å². The molecule has 1 saturated heterocycles. The summed E-state index contributed by atoms with van der Waals surface area (Å²) in [7, 11) is 0. The molecule has 0 bridgehead atoms. The highest BCUT2D eigenvalue weighted by atomic mass is 35.5. The minimum atomic E-state index is -0.782. The van der Waals surface area contributed by atoms with Gasteiger partial charge in [-0.25, -0.2) is 0 Å². The van der Waals surface area contributed by atoms with Crippen LogP contribution in [-0.4, -0.2) is 49.0 Å². The van der Waals surface area contributed by atoms with Gasteiger partial charge in [0, 0.05) is 41.8 Å². The number of halogens is 3. The number of hydrogen-bond acceptors (Lipinski definition) is 4. The molecule has 1 fully saturated rings. The number of amides is 2. The largest absolute Gasteiger partial charge is 0.479 e. The van der Waals surface area contributed by atoms with Gasteiger partial charge in [-0.05, 0) is 61.5 Å². The van der Waals surface area contributed by atoms with E-state index < -0.39 is 6.10 Å². The maximum Gasteiger partial charge on any atom is 0.265 e. The molecule has 2 amide bonds. The predicted octanol–water partition coefficient (Wildman–Crippen LogP) is 6.02. The number of ether oxygens (including phenoxy) is 1. The molecule has 1 N–H and O–H groups in total. The van der Waals surface area contributed by atoms with E-state index in [2.05, 4.69) is 10.2 Å². The summed E-state index contributed by atoms with van der Waals surface area (Å²) < 4.78 is 5.74. The molecule has 1 heterocycles. The number of nitrogens with zero attached hydrogens (tertiary/aromatic N) is 2. The Bertz CT molecular complexity index is 1210. The van der Waals surface area contributed by atoms with Crippen LogP contribution in [0.5, 0.6) is 5.75 Å². The molecule has 9 heteroatoms. The van der Waals surface area contributed by atoms with Gasteiger partial charge >= 0.3 is 0 Å². The second-order valence-corrected chi connectivity index (χ2v) is 9.41. The van der Waals surface area contributed by atoms with Crippen molar-refractivity contribution < 1.29 is 14.3 Å². The molecule has 4 rings (SSSR count). The quantitative estimate of drug-likeness (QED) is 0.422. The summed E-state index contributed by atoms with van der Waals surface area (Å²) in [4.78, 5) is 29.7. The fourth-order valence-electron chi connectivity index (χ4n) is 3.83. The van der Waals surface area contributed by atoms with E-state index in [0.29, 0.717) is 58.2 Å². The van der Waals surface area contributed by atoms with Crippen LogP contribution in [0.25, 0.3) is 0 Å². The Hall–Kier alpha value is -2.93. The number of carbonyl (C=O) groups excluding carboxylic acids is 2. The van der Waals surface area contributed by atoms with Crippen LogP contribution in [0.2, 0.25) is 15.1 Å². The lowest BCUT2D eigenvalue weighted by Crippen LogP contribution is -2.49. The van der Waals surface area contributed by atoms with Crippen LogP contribution in [0.3, 0.4) is 0 Å². The molecule has 0 radical (unpaired) electrons. The second-order valence-electron chi connectivity index (χ2n) is 8.13. The Morgan fingerprint density at radius 1 is 0.886 bits per heavy atom. The van der Waals surface area contributed by atoms with Crippen molar-refractivity contribution in [2.24, 2.45) is 0 Å². The number of para-hydroxylation sites is 2. The number of anilines is 2. The Morgan fingerprint density at radius 3 is 2.23 bits per heavy atom. The minimum absolute atomic E-state index is 0.0188.